The minimum atomic E-state index is 0.192. The van der Waals surface area contributed by atoms with Crippen LogP contribution in [0.25, 0.3) is 0 Å². The molecular formula is C10H16N2O2. The molecule has 78 valence electrons. The van der Waals surface area contributed by atoms with E-state index >= 15 is 0 Å². The molecule has 0 aromatic heterocycles. The molecule has 0 saturated carbocycles. The molecule has 2 aliphatic heterocycles. The maximum absolute atomic E-state index is 11.7. The maximum atomic E-state index is 11.7. The number of Topliss-reactive ketones (excluding diaryl/α,β-unsaturated/α-hetero) is 1. The molecule has 2 heterocycles. The Labute approximate surface area is 83.9 Å². The summed E-state index contributed by atoms with van der Waals surface area (Å²) in [7, 11) is 0. The van der Waals surface area contributed by atoms with Crippen molar-refractivity contribution in [3.05, 3.63) is 0 Å². The van der Waals surface area contributed by atoms with E-state index in [9.17, 15) is 9.59 Å². The van der Waals surface area contributed by atoms with Gasteiger partial charge in [0.05, 0.1) is 6.54 Å². The van der Waals surface area contributed by atoms with Crippen LogP contribution in [0.15, 0.2) is 0 Å². The highest BCUT2D eigenvalue weighted by Crippen LogP contribution is 2.09. The number of amides is 1. The number of hydrogen-bond donors (Lipinski definition) is 0. The Kier molecular flexibility index (Phi) is 2.82. The van der Waals surface area contributed by atoms with E-state index in [2.05, 4.69) is 4.90 Å². The topological polar surface area (TPSA) is 40.6 Å². The maximum Gasteiger partial charge on any atom is 0.236 e. The Morgan fingerprint density at radius 3 is 2.29 bits per heavy atom. The summed E-state index contributed by atoms with van der Waals surface area (Å²) in [5.74, 6) is 0.482. The van der Waals surface area contributed by atoms with E-state index in [1.54, 1.807) is 0 Å². The van der Waals surface area contributed by atoms with E-state index in [0.717, 1.165) is 13.1 Å². The van der Waals surface area contributed by atoms with Crippen LogP contribution in [-0.4, -0.2) is 54.2 Å². The molecule has 0 N–H and O–H groups in total. The number of carbonyl (C=O) groups is 2. The largest absolute Gasteiger partial charge is 0.341 e. The number of nitrogens with zero attached hydrogens (tertiary/aromatic N) is 2. The normalized spacial score (nSPS) is 23.4. The molecule has 4 nitrogen and oxygen atoms in total. The van der Waals surface area contributed by atoms with Crippen LogP contribution in [0.5, 0.6) is 0 Å². The third kappa shape index (κ3) is 2.12. The van der Waals surface area contributed by atoms with Gasteiger partial charge in [0.2, 0.25) is 5.91 Å². The molecule has 0 spiro atoms. The quantitative estimate of drug-likeness (QED) is 0.618. The van der Waals surface area contributed by atoms with E-state index in [0.29, 0.717) is 32.5 Å². The molecule has 2 saturated heterocycles. The molecule has 0 aromatic rings. The zero-order valence-corrected chi connectivity index (χ0v) is 8.37. The van der Waals surface area contributed by atoms with Gasteiger partial charge >= 0.3 is 0 Å². The number of rotatable bonds is 2. The summed E-state index contributed by atoms with van der Waals surface area (Å²) in [6, 6.07) is 0. The molecule has 1 amide bonds. The second kappa shape index (κ2) is 4.09. The van der Waals surface area contributed by atoms with Gasteiger partial charge in [0.25, 0.3) is 0 Å². The van der Waals surface area contributed by atoms with Crippen LogP contribution in [-0.2, 0) is 9.59 Å². The van der Waals surface area contributed by atoms with Crippen LogP contribution in [0.1, 0.15) is 19.3 Å². The third-order valence-electron chi connectivity index (χ3n) is 2.98. The van der Waals surface area contributed by atoms with Crippen molar-refractivity contribution in [2.24, 2.45) is 0 Å². The van der Waals surface area contributed by atoms with Gasteiger partial charge < -0.3 is 4.90 Å². The molecule has 0 aliphatic carbocycles. The van der Waals surface area contributed by atoms with E-state index in [1.807, 2.05) is 4.90 Å². The van der Waals surface area contributed by atoms with E-state index in [-0.39, 0.29) is 11.7 Å². The van der Waals surface area contributed by atoms with Crippen LogP contribution in [0.4, 0.5) is 0 Å². The highest BCUT2D eigenvalue weighted by Gasteiger charge is 2.24. The minimum absolute atomic E-state index is 0.192. The number of hydrogen-bond acceptors (Lipinski definition) is 3. The first-order chi connectivity index (χ1) is 6.75. The fourth-order valence-corrected chi connectivity index (χ4v) is 1.84. The van der Waals surface area contributed by atoms with E-state index < -0.39 is 0 Å². The lowest BCUT2D eigenvalue weighted by Gasteiger charge is -2.33. The second-order valence-corrected chi connectivity index (χ2v) is 4.05. The van der Waals surface area contributed by atoms with Gasteiger partial charge in [-0.3, -0.25) is 14.5 Å². The Balaban J connectivity index is 1.76. The smallest absolute Gasteiger partial charge is 0.236 e. The SMILES string of the molecule is O=C1CCN(C(=O)CN2CCC2)CC1. The summed E-state index contributed by atoms with van der Waals surface area (Å²) < 4.78 is 0. The summed E-state index contributed by atoms with van der Waals surface area (Å²) in [4.78, 5) is 26.6. The van der Waals surface area contributed by atoms with Gasteiger partial charge in [0.1, 0.15) is 5.78 Å². The summed E-state index contributed by atoms with van der Waals surface area (Å²) in [6.07, 6.45) is 2.31. The van der Waals surface area contributed by atoms with Crippen LogP contribution in [0, 0.1) is 0 Å². The van der Waals surface area contributed by atoms with Crippen molar-refractivity contribution in [1.29, 1.82) is 0 Å². The van der Waals surface area contributed by atoms with Crippen molar-refractivity contribution in [3.8, 4) is 0 Å². The molecule has 0 aromatic carbocycles. The van der Waals surface area contributed by atoms with Gasteiger partial charge in [-0.2, -0.15) is 0 Å². The van der Waals surface area contributed by atoms with Gasteiger partial charge in [-0.05, 0) is 19.5 Å². The van der Waals surface area contributed by atoms with Crippen molar-refractivity contribution in [2.75, 3.05) is 32.7 Å². The van der Waals surface area contributed by atoms with Crippen molar-refractivity contribution in [1.82, 2.24) is 9.80 Å². The van der Waals surface area contributed by atoms with Crippen molar-refractivity contribution < 1.29 is 9.59 Å². The second-order valence-electron chi connectivity index (χ2n) is 4.05. The van der Waals surface area contributed by atoms with E-state index in [1.165, 1.54) is 6.42 Å². The fourth-order valence-electron chi connectivity index (χ4n) is 1.84. The predicted octanol–water partition coefficient (Wildman–Crippen LogP) is -0.116. The molecule has 2 fully saturated rings. The lowest BCUT2D eigenvalue weighted by atomic mass is 10.1. The molecule has 0 unspecified atom stereocenters. The van der Waals surface area contributed by atoms with Gasteiger partial charge in [-0.1, -0.05) is 0 Å². The zero-order valence-electron chi connectivity index (χ0n) is 8.37. The molecule has 14 heavy (non-hydrogen) atoms. The van der Waals surface area contributed by atoms with Crippen LogP contribution < -0.4 is 0 Å². The molecule has 2 aliphatic rings. The zero-order chi connectivity index (χ0) is 9.97. The van der Waals surface area contributed by atoms with Gasteiger partial charge in [0.15, 0.2) is 0 Å². The Morgan fingerprint density at radius 1 is 1.14 bits per heavy atom. The van der Waals surface area contributed by atoms with Crippen LogP contribution >= 0.6 is 0 Å². The van der Waals surface area contributed by atoms with Crippen molar-refractivity contribution >= 4 is 11.7 Å². The number of piperidine rings is 1. The lowest BCUT2D eigenvalue weighted by molar-refractivity contribution is -0.136. The number of carbonyl (C=O) groups excluding carboxylic acids is 2. The monoisotopic (exact) mass is 196 g/mol. The van der Waals surface area contributed by atoms with Gasteiger partial charge in [-0.25, -0.2) is 0 Å². The first kappa shape index (κ1) is 9.65. The summed E-state index contributed by atoms with van der Waals surface area (Å²) in [5, 5.41) is 0. The average molecular weight is 196 g/mol. The first-order valence-corrected chi connectivity index (χ1v) is 5.27. The van der Waals surface area contributed by atoms with Gasteiger partial charge in [0, 0.05) is 25.9 Å². The average Bonchev–Trinajstić information content (AvgIpc) is 2.12. The standard InChI is InChI=1S/C10H16N2O2/c13-9-2-6-12(7-3-9)10(14)8-11-4-1-5-11/h1-8H2. The summed E-state index contributed by atoms with van der Waals surface area (Å²) in [5.41, 5.74) is 0. The van der Waals surface area contributed by atoms with Crippen LogP contribution in [0.3, 0.4) is 0 Å². The number of ketones is 1. The number of likely N-dealkylation sites (tertiary alicyclic amines) is 2. The lowest BCUT2D eigenvalue weighted by Crippen LogP contribution is -2.48. The first-order valence-electron chi connectivity index (χ1n) is 5.27. The molecule has 0 bridgehead atoms. The summed E-state index contributed by atoms with van der Waals surface area (Å²) in [6.45, 7) is 3.92. The van der Waals surface area contributed by atoms with Crippen molar-refractivity contribution in [3.63, 3.8) is 0 Å². The third-order valence-corrected chi connectivity index (χ3v) is 2.98. The minimum Gasteiger partial charge on any atom is -0.341 e. The Hall–Kier alpha value is -0.900. The highest BCUT2D eigenvalue weighted by molar-refractivity contribution is 5.84. The molecule has 0 radical (unpaired) electrons. The molecule has 0 atom stereocenters. The van der Waals surface area contributed by atoms with Gasteiger partial charge in [-0.15, -0.1) is 0 Å². The highest BCUT2D eigenvalue weighted by atomic mass is 16.2. The van der Waals surface area contributed by atoms with Crippen LogP contribution in [0.2, 0.25) is 0 Å². The predicted molar refractivity (Wildman–Crippen MR) is 51.9 cm³/mol. The van der Waals surface area contributed by atoms with Crippen molar-refractivity contribution in [2.45, 2.75) is 19.3 Å². The Bertz CT molecular complexity index is 239. The fraction of sp³-hybridized carbons (Fsp3) is 0.800. The molecule has 2 rings (SSSR count). The Morgan fingerprint density at radius 2 is 1.79 bits per heavy atom. The molecule has 4 heteroatoms. The van der Waals surface area contributed by atoms with E-state index in [4.69, 9.17) is 0 Å². The summed E-state index contributed by atoms with van der Waals surface area (Å²) >= 11 is 0. The molecular weight excluding hydrogens is 180 g/mol.